The molecule has 1 atom stereocenters. The summed E-state index contributed by atoms with van der Waals surface area (Å²) >= 11 is 5.72. The van der Waals surface area contributed by atoms with E-state index >= 15 is 0 Å². The molecule has 3 rings (SSSR count). The Morgan fingerprint density at radius 3 is 2.45 bits per heavy atom. The fourth-order valence-corrected chi connectivity index (χ4v) is 4.63. The molecule has 1 aliphatic rings. The molecule has 2 aromatic carbocycles. The fourth-order valence-electron chi connectivity index (χ4n) is 4.40. The van der Waals surface area contributed by atoms with Crippen LogP contribution in [0.4, 0.5) is 23.7 Å². The van der Waals surface area contributed by atoms with E-state index in [1.54, 1.807) is 4.90 Å². The van der Waals surface area contributed by atoms with Crippen molar-refractivity contribution >= 4 is 23.3 Å². The highest BCUT2D eigenvalue weighted by molar-refractivity contribution is 6.31. The molecule has 4 nitrogen and oxygen atoms in total. The molecule has 0 aliphatic carbocycles. The third-order valence-electron chi connectivity index (χ3n) is 6.25. The molecule has 0 bridgehead atoms. The lowest BCUT2D eigenvalue weighted by atomic mass is 10.00. The fraction of sp³-hybridized carbons (Fsp3) is 0.480. The van der Waals surface area contributed by atoms with Gasteiger partial charge in [0.15, 0.2) is 0 Å². The molecule has 0 radical (unpaired) electrons. The minimum Gasteiger partial charge on any atom is -0.317 e. The number of amides is 2. The predicted molar refractivity (Wildman–Crippen MR) is 126 cm³/mol. The van der Waals surface area contributed by atoms with Crippen molar-refractivity contribution in [3.63, 3.8) is 0 Å². The van der Waals surface area contributed by atoms with Crippen molar-refractivity contribution < 1.29 is 18.0 Å². The molecule has 0 aromatic heterocycles. The van der Waals surface area contributed by atoms with E-state index in [1.165, 1.54) is 6.07 Å². The van der Waals surface area contributed by atoms with Crippen LogP contribution in [0.15, 0.2) is 48.5 Å². The SMILES string of the molecule is CCCC(C)N1CCC(N(Cc2ccccc2)C(=O)Nc2ccc(Cl)c(C(F)(F)F)c2)CC1. The van der Waals surface area contributed by atoms with E-state index in [9.17, 15) is 18.0 Å². The van der Waals surface area contributed by atoms with E-state index in [4.69, 9.17) is 11.6 Å². The first-order chi connectivity index (χ1) is 15.7. The number of hydrogen-bond acceptors (Lipinski definition) is 2. The Bertz CT molecular complexity index is 915. The quantitative estimate of drug-likeness (QED) is 0.460. The van der Waals surface area contributed by atoms with Gasteiger partial charge in [0.25, 0.3) is 0 Å². The summed E-state index contributed by atoms with van der Waals surface area (Å²) in [4.78, 5) is 17.5. The van der Waals surface area contributed by atoms with E-state index in [2.05, 4.69) is 24.1 Å². The van der Waals surface area contributed by atoms with Crippen LogP contribution in [-0.2, 0) is 12.7 Å². The molecule has 1 unspecified atom stereocenters. The number of rotatable bonds is 7. The zero-order valence-electron chi connectivity index (χ0n) is 19.0. The Labute approximate surface area is 198 Å². The molecule has 1 aliphatic heterocycles. The first kappa shape index (κ1) is 25.4. The third kappa shape index (κ3) is 6.87. The Kier molecular flexibility index (Phi) is 8.65. The number of urea groups is 1. The molecular weight excluding hydrogens is 451 g/mol. The molecular formula is C25H31ClF3N3O. The number of hydrogen-bond donors (Lipinski definition) is 1. The maximum atomic E-state index is 13.3. The molecule has 0 spiro atoms. The van der Waals surface area contributed by atoms with Gasteiger partial charge in [-0.3, -0.25) is 0 Å². The molecule has 1 heterocycles. The first-order valence-electron chi connectivity index (χ1n) is 11.4. The summed E-state index contributed by atoms with van der Waals surface area (Å²) in [7, 11) is 0. The van der Waals surface area contributed by atoms with E-state index in [-0.39, 0.29) is 11.7 Å². The molecule has 1 N–H and O–H groups in total. The second-order valence-electron chi connectivity index (χ2n) is 8.64. The van der Waals surface area contributed by atoms with Crippen molar-refractivity contribution in [2.45, 2.75) is 64.3 Å². The highest BCUT2D eigenvalue weighted by Gasteiger charge is 2.34. The van der Waals surface area contributed by atoms with E-state index < -0.39 is 22.8 Å². The van der Waals surface area contributed by atoms with Crippen molar-refractivity contribution in [2.75, 3.05) is 18.4 Å². The smallest absolute Gasteiger partial charge is 0.317 e. The van der Waals surface area contributed by atoms with Gasteiger partial charge in [-0.25, -0.2) is 4.79 Å². The Morgan fingerprint density at radius 2 is 1.85 bits per heavy atom. The van der Waals surface area contributed by atoms with Crippen LogP contribution in [0.25, 0.3) is 0 Å². The van der Waals surface area contributed by atoms with Gasteiger partial charge in [-0.05, 0) is 49.9 Å². The number of piperidine rings is 1. The highest BCUT2D eigenvalue weighted by Crippen LogP contribution is 2.36. The molecule has 0 saturated carbocycles. The van der Waals surface area contributed by atoms with Gasteiger partial charge in [0.2, 0.25) is 0 Å². The van der Waals surface area contributed by atoms with E-state index in [1.807, 2.05) is 30.3 Å². The lowest BCUT2D eigenvalue weighted by molar-refractivity contribution is -0.137. The van der Waals surface area contributed by atoms with Gasteiger partial charge in [0, 0.05) is 37.4 Å². The standard InChI is InChI=1S/C25H31ClF3N3O/c1-3-7-18(2)31-14-12-21(13-15-31)32(17-19-8-5-4-6-9-19)24(33)30-20-10-11-23(26)22(16-20)25(27,28)29/h4-6,8-11,16,18,21H,3,7,12-15,17H2,1-2H3,(H,30,33). The van der Waals surface area contributed by atoms with E-state index in [0.717, 1.165) is 56.5 Å². The summed E-state index contributed by atoms with van der Waals surface area (Å²) < 4.78 is 39.7. The van der Waals surface area contributed by atoms with Crippen LogP contribution in [0.2, 0.25) is 5.02 Å². The first-order valence-corrected chi connectivity index (χ1v) is 11.8. The van der Waals surface area contributed by atoms with Gasteiger partial charge in [0.05, 0.1) is 10.6 Å². The maximum Gasteiger partial charge on any atom is 0.417 e. The largest absolute Gasteiger partial charge is 0.417 e. The second kappa shape index (κ2) is 11.3. The molecule has 2 amide bonds. The molecule has 2 aromatic rings. The Balaban J connectivity index is 1.76. The summed E-state index contributed by atoms with van der Waals surface area (Å²) in [5.41, 5.74) is 0.0834. The lowest BCUT2D eigenvalue weighted by Gasteiger charge is -2.40. The molecule has 8 heteroatoms. The topological polar surface area (TPSA) is 35.6 Å². The van der Waals surface area contributed by atoms with Crippen molar-refractivity contribution in [1.82, 2.24) is 9.80 Å². The number of likely N-dealkylation sites (tertiary alicyclic amines) is 1. The third-order valence-corrected chi connectivity index (χ3v) is 6.58. The van der Waals surface area contributed by atoms with Crippen LogP contribution in [0.1, 0.15) is 50.7 Å². The van der Waals surface area contributed by atoms with Gasteiger partial charge in [-0.15, -0.1) is 0 Å². The minimum atomic E-state index is -4.59. The summed E-state index contributed by atoms with van der Waals surface area (Å²) in [5.74, 6) is 0. The van der Waals surface area contributed by atoms with Crippen molar-refractivity contribution in [2.24, 2.45) is 0 Å². The van der Waals surface area contributed by atoms with Gasteiger partial charge in [-0.1, -0.05) is 55.3 Å². The predicted octanol–water partition coefficient (Wildman–Crippen LogP) is 7.05. The van der Waals surface area contributed by atoms with Crippen LogP contribution < -0.4 is 5.32 Å². The van der Waals surface area contributed by atoms with Gasteiger partial charge >= 0.3 is 12.2 Å². The number of halogens is 4. The monoisotopic (exact) mass is 481 g/mol. The van der Waals surface area contributed by atoms with Gasteiger partial charge in [-0.2, -0.15) is 13.2 Å². The van der Waals surface area contributed by atoms with Crippen LogP contribution in [0, 0.1) is 0 Å². The number of carbonyl (C=O) groups excluding carboxylic acids is 1. The maximum absolute atomic E-state index is 13.3. The Hall–Kier alpha value is -2.25. The molecule has 180 valence electrons. The van der Waals surface area contributed by atoms with Crippen molar-refractivity contribution in [1.29, 1.82) is 0 Å². The number of carbonyl (C=O) groups is 1. The molecule has 1 saturated heterocycles. The summed E-state index contributed by atoms with van der Waals surface area (Å²) in [6.45, 7) is 6.59. The normalized spacial score (nSPS) is 16.4. The van der Waals surface area contributed by atoms with E-state index in [0.29, 0.717) is 12.6 Å². The molecule has 33 heavy (non-hydrogen) atoms. The summed E-state index contributed by atoms with van der Waals surface area (Å²) in [5, 5.41) is 2.27. The van der Waals surface area contributed by atoms with Crippen LogP contribution in [-0.4, -0.2) is 41.0 Å². The van der Waals surface area contributed by atoms with Crippen molar-refractivity contribution in [3.8, 4) is 0 Å². The molecule has 1 fully saturated rings. The average molecular weight is 482 g/mol. The number of nitrogens with one attached hydrogen (secondary N) is 1. The van der Waals surface area contributed by atoms with Crippen LogP contribution in [0.3, 0.4) is 0 Å². The Morgan fingerprint density at radius 1 is 1.18 bits per heavy atom. The average Bonchev–Trinajstić information content (AvgIpc) is 2.79. The lowest BCUT2D eigenvalue weighted by Crippen LogP contribution is -2.50. The highest BCUT2D eigenvalue weighted by atomic mass is 35.5. The number of anilines is 1. The van der Waals surface area contributed by atoms with Gasteiger partial charge in [0.1, 0.15) is 0 Å². The number of alkyl halides is 3. The minimum absolute atomic E-state index is 0.00432. The zero-order valence-corrected chi connectivity index (χ0v) is 19.8. The van der Waals surface area contributed by atoms with Crippen molar-refractivity contribution in [3.05, 3.63) is 64.7 Å². The van der Waals surface area contributed by atoms with Crippen LogP contribution in [0.5, 0.6) is 0 Å². The van der Waals surface area contributed by atoms with Gasteiger partial charge < -0.3 is 15.1 Å². The second-order valence-corrected chi connectivity index (χ2v) is 9.05. The van der Waals surface area contributed by atoms with Crippen LogP contribution >= 0.6 is 11.6 Å². The summed E-state index contributed by atoms with van der Waals surface area (Å²) in [6.07, 6.45) is -0.684. The number of benzene rings is 2. The number of nitrogens with zero attached hydrogens (tertiary/aromatic N) is 2. The zero-order chi connectivity index (χ0) is 24.0. The summed E-state index contributed by atoms with van der Waals surface area (Å²) in [6, 6.07) is 13.2.